The second kappa shape index (κ2) is 4.29. The first-order chi connectivity index (χ1) is 7.63. The van der Waals surface area contributed by atoms with Crippen molar-refractivity contribution in [3.05, 3.63) is 22.8 Å². The lowest BCUT2D eigenvalue weighted by Gasteiger charge is -2.20. The minimum absolute atomic E-state index is 0.123. The maximum Gasteiger partial charge on any atom is 0.274 e. The Morgan fingerprint density at radius 1 is 1.62 bits per heavy atom. The van der Waals surface area contributed by atoms with E-state index in [1.807, 2.05) is 6.92 Å². The number of carbonyl (C=O) groups excluding carboxylic acids is 1. The van der Waals surface area contributed by atoms with Gasteiger partial charge >= 0.3 is 0 Å². The van der Waals surface area contributed by atoms with Gasteiger partial charge in [-0.2, -0.15) is 0 Å². The van der Waals surface area contributed by atoms with E-state index in [1.54, 1.807) is 17.0 Å². The Hall–Kier alpha value is -1.29. The third-order valence-electron chi connectivity index (χ3n) is 2.66. The largest absolute Gasteiger partial charge is 0.384 e. The van der Waals surface area contributed by atoms with Crippen molar-refractivity contribution in [2.75, 3.05) is 12.3 Å². The average Bonchev–Trinajstić information content (AvgIpc) is 3.07. The summed E-state index contributed by atoms with van der Waals surface area (Å²) in [7, 11) is 0. The fourth-order valence-corrected chi connectivity index (χ4v) is 1.88. The van der Waals surface area contributed by atoms with Crippen molar-refractivity contribution in [3.63, 3.8) is 0 Å². The first-order valence-corrected chi connectivity index (χ1v) is 5.74. The van der Waals surface area contributed by atoms with Crippen LogP contribution < -0.4 is 5.73 Å². The van der Waals surface area contributed by atoms with Crippen LogP contribution in [-0.2, 0) is 0 Å². The average molecular weight is 240 g/mol. The Morgan fingerprint density at radius 3 is 2.88 bits per heavy atom. The summed E-state index contributed by atoms with van der Waals surface area (Å²) in [4.78, 5) is 18.0. The number of rotatable bonds is 3. The van der Waals surface area contributed by atoms with Crippen molar-refractivity contribution in [2.45, 2.75) is 25.8 Å². The molecule has 1 aliphatic rings. The highest BCUT2D eigenvalue weighted by Crippen LogP contribution is 2.29. The van der Waals surface area contributed by atoms with Crippen molar-refractivity contribution in [2.24, 2.45) is 0 Å². The van der Waals surface area contributed by atoms with Crippen molar-refractivity contribution >= 4 is 23.3 Å². The molecule has 1 fully saturated rings. The molecular weight excluding hydrogens is 226 g/mol. The van der Waals surface area contributed by atoms with Gasteiger partial charge in [0.25, 0.3) is 5.91 Å². The molecule has 0 aromatic carbocycles. The van der Waals surface area contributed by atoms with E-state index in [0.717, 1.165) is 12.8 Å². The van der Waals surface area contributed by atoms with Crippen LogP contribution in [0.1, 0.15) is 30.3 Å². The fourth-order valence-electron chi connectivity index (χ4n) is 1.70. The van der Waals surface area contributed by atoms with Gasteiger partial charge in [0.15, 0.2) is 0 Å². The van der Waals surface area contributed by atoms with Gasteiger partial charge in [-0.3, -0.25) is 4.79 Å². The summed E-state index contributed by atoms with van der Waals surface area (Å²) in [6.07, 6.45) is 2.14. The van der Waals surface area contributed by atoms with Crippen LogP contribution in [-0.4, -0.2) is 28.4 Å². The van der Waals surface area contributed by atoms with E-state index in [0.29, 0.717) is 23.4 Å². The molecule has 2 rings (SSSR count). The molecule has 0 aliphatic heterocycles. The maximum absolute atomic E-state index is 12.2. The molecule has 1 aliphatic carbocycles. The summed E-state index contributed by atoms with van der Waals surface area (Å²) >= 11 is 5.95. The van der Waals surface area contributed by atoms with E-state index < -0.39 is 0 Å². The van der Waals surface area contributed by atoms with E-state index in [1.165, 1.54) is 0 Å². The van der Waals surface area contributed by atoms with Crippen LogP contribution >= 0.6 is 11.6 Å². The van der Waals surface area contributed by atoms with Crippen LogP contribution in [0.15, 0.2) is 12.1 Å². The van der Waals surface area contributed by atoms with Crippen LogP contribution in [0.3, 0.4) is 0 Å². The number of nitrogens with two attached hydrogens (primary N) is 1. The molecule has 1 amide bonds. The maximum atomic E-state index is 12.2. The lowest BCUT2D eigenvalue weighted by atomic mass is 10.3. The highest BCUT2D eigenvalue weighted by atomic mass is 35.5. The molecule has 1 heterocycles. The normalized spacial score (nSPS) is 14.9. The molecule has 0 saturated heterocycles. The molecular formula is C11H14ClN3O. The smallest absolute Gasteiger partial charge is 0.274 e. The number of pyridine rings is 1. The topological polar surface area (TPSA) is 59.2 Å². The number of hydrogen-bond donors (Lipinski definition) is 1. The van der Waals surface area contributed by atoms with Crippen LogP contribution in [0.25, 0.3) is 0 Å². The molecule has 5 heteroatoms. The van der Waals surface area contributed by atoms with Gasteiger partial charge in [0.2, 0.25) is 0 Å². The number of anilines is 1. The summed E-state index contributed by atoms with van der Waals surface area (Å²) in [5.41, 5.74) is 5.82. The van der Waals surface area contributed by atoms with Crippen LogP contribution in [0, 0.1) is 0 Å². The molecule has 0 unspecified atom stereocenters. The van der Waals surface area contributed by atoms with Crippen molar-refractivity contribution < 1.29 is 4.79 Å². The van der Waals surface area contributed by atoms with Crippen LogP contribution in [0.4, 0.5) is 5.82 Å². The first-order valence-electron chi connectivity index (χ1n) is 5.36. The summed E-state index contributed by atoms with van der Waals surface area (Å²) in [6.45, 7) is 2.63. The van der Waals surface area contributed by atoms with E-state index >= 15 is 0 Å². The predicted octanol–water partition coefficient (Wildman–Crippen LogP) is 1.94. The zero-order valence-corrected chi connectivity index (χ0v) is 9.87. The van der Waals surface area contributed by atoms with Crippen LogP contribution in [0.2, 0.25) is 5.02 Å². The Labute approximate surface area is 99.4 Å². The highest BCUT2D eigenvalue weighted by molar-refractivity contribution is 6.33. The highest BCUT2D eigenvalue weighted by Gasteiger charge is 2.33. The summed E-state index contributed by atoms with van der Waals surface area (Å²) < 4.78 is 0. The number of nitrogens with zero attached hydrogens (tertiary/aromatic N) is 2. The molecule has 1 aromatic rings. The molecule has 1 saturated carbocycles. The second-order valence-corrected chi connectivity index (χ2v) is 4.30. The Balaban J connectivity index is 2.28. The van der Waals surface area contributed by atoms with Crippen molar-refractivity contribution in [1.29, 1.82) is 0 Å². The van der Waals surface area contributed by atoms with E-state index in [2.05, 4.69) is 4.98 Å². The third-order valence-corrected chi connectivity index (χ3v) is 2.96. The number of nitrogen functional groups attached to an aromatic ring is 1. The second-order valence-electron chi connectivity index (χ2n) is 3.89. The minimum atomic E-state index is -0.123. The third kappa shape index (κ3) is 2.11. The molecule has 4 nitrogen and oxygen atoms in total. The number of amides is 1. The van der Waals surface area contributed by atoms with Crippen LogP contribution in [0.5, 0.6) is 0 Å². The predicted molar refractivity (Wildman–Crippen MR) is 63.4 cm³/mol. The molecule has 0 spiro atoms. The Bertz CT molecular complexity index is 418. The quantitative estimate of drug-likeness (QED) is 0.877. The Morgan fingerprint density at radius 2 is 2.31 bits per heavy atom. The van der Waals surface area contributed by atoms with Crippen molar-refractivity contribution in [1.82, 2.24) is 9.88 Å². The molecule has 1 aromatic heterocycles. The van der Waals surface area contributed by atoms with Gasteiger partial charge in [0, 0.05) is 12.6 Å². The number of halogens is 1. The molecule has 2 N–H and O–H groups in total. The van der Waals surface area contributed by atoms with Gasteiger partial charge in [-0.25, -0.2) is 4.98 Å². The summed E-state index contributed by atoms with van der Waals surface area (Å²) in [5.74, 6) is 0.196. The monoisotopic (exact) mass is 239 g/mol. The lowest BCUT2D eigenvalue weighted by Crippen LogP contribution is -2.33. The molecule has 0 bridgehead atoms. The van der Waals surface area contributed by atoms with Gasteiger partial charge in [-0.15, -0.1) is 0 Å². The zero-order valence-electron chi connectivity index (χ0n) is 9.11. The van der Waals surface area contributed by atoms with E-state index in [-0.39, 0.29) is 11.6 Å². The van der Waals surface area contributed by atoms with Gasteiger partial charge in [0.05, 0.1) is 5.02 Å². The first kappa shape index (κ1) is 11.2. The van der Waals surface area contributed by atoms with Gasteiger partial charge < -0.3 is 10.6 Å². The van der Waals surface area contributed by atoms with Gasteiger partial charge in [0.1, 0.15) is 11.5 Å². The Kier molecular flexibility index (Phi) is 3.01. The van der Waals surface area contributed by atoms with E-state index in [9.17, 15) is 4.79 Å². The number of aromatic nitrogens is 1. The lowest BCUT2D eigenvalue weighted by molar-refractivity contribution is 0.0747. The van der Waals surface area contributed by atoms with Crippen molar-refractivity contribution in [3.8, 4) is 0 Å². The summed E-state index contributed by atoms with van der Waals surface area (Å²) in [6, 6.07) is 3.56. The zero-order chi connectivity index (χ0) is 11.7. The minimum Gasteiger partial charge on any atom is -0.384 e. The number of hydrogen-bond acceptors (Lipinski definition) is 3. The number of carbonyl (C=O) groups is 1. The van der Waals surface area contributed by atoms with E-state index in [4.69, 9.17) is 17.3 Å². The molecule has 0 radical (unpaired) electrons. The van der Waals surface area contributed by atoms with Gasteiger partial charge in [-0.05, 0) is 31.9 Å². The fraction of sp³-hybridized carbons (Fsp3) is 0.455. The SMILES string of the molecule is CCN(C(=O)c1nc(N)ccc1Cl)C1CC1. The molecule has 86 valence electrons. The molecule has 0 atom stereocenters. The molecule has 16 heavy (non-hydrogen) atoms. The van der Waals surface area contributed by atoms with Gasteiger partial charge in [-0.1, -0.05) is 11.6 Å². The standard InChI is InChI=1S/C11H14ClN3O/c1-2-15(7-3-4-7)11(16)10-8(12)5-6-9(13)14-10/h5-7H,2-4H2,1H3,(H2,13,14). The summed E-state index contributed by atoms with van der Waals surface area (Å²) in [5, 5.41) is 0.360.